The molecule has 1 amide bonds. The highest BCUT2D eigenvalue weighted by Crippen LogP contribution is 2.17. The predicted octanol–water partition coefficient (Wildman–Crippen LogP) is 1.95. The summed E-state index contributed by atoms with van der Waals surface area (Å²) in [4.78, 5) is 17.8. The topological polar surface area (TPSA) is 61.9 Å². The Morgan fingerprint density at radius 1 is 1.39 bits per heavy atom. The minimum atomic E-state index is 0.0603. The van der Waals surface area contributed by atoms with Crippen LogP contribution in [0.5, 0.6) is 0 Å². The van der Waals surface area contributed by atoms with Gasteiger partial charge in [0.1, 0.15) is 6.33 Å². The Kier molecular flexibility index (Phi) is 4.35. The van der Waals surface area contributed by atoms with Crippen LogP contribution in [0.1, 0.15) is 6.92 Å². The number of carbonyl (C=O) groups is 1. The van der Waals surface area contributed by atoms with E-state index in [9.17, 15) is 4.79 Å². The van der Waals surface area contributed by atoms with Crippen molar-refractivity contribution in [1.82, 2.24) is 15.2 Å². The lowest BCUT2D eigenvalue weighted by Gasteiger charge is -2.20. The summed E-state index contributed by atoms with van der Waals surface area (Å²) in [5, 5.41) is 7.12. The molecule has 6 heteroatoms. The molecule has 0 aliphatic rings. The summed E-state index contributed by atoms with van der Waals surface area (Å²) in [6.07, 6.45) is 1.43. The first-order valence-electron chi connectivity index (χ1n) is 5.65. The zero-order valence-electron chi connectivity index (χ0n) is 10.0. The maximum absolute atomic E-state index is 12.1. The van der Waals surface area contributed by atoms with Crippen molar-refractivity contribution in [2.75, 3.05) is 17.2 Å². The third-order valence-corrected chi connectivity index (χ3v) is 3.27. The van der Waals surface area contributed by atoms with Gasteiger partial charge in [-0.25, -0.2) is 4.98 Å². The lowest BCUT2D eigenvalue weighted by Crippen LogP contribution is -2.32. The van der Waals surface area contributed by atoms with Crippen LogP contribution in [-0.2, 0) is 4.79 Å². The average Bonchev–Trinajstić information content (AvgIpc) is 2.92. The van der Waals surface area contributed by atoms with E-state index < -0.39 is 0 Å². The summed E-state index contributed by atoms with van der Waals surface area (Å²) >= 11 is 1.35. The molecule has 2 aromatic rings. The van der Waals surface area contributed by atoms with Crippen molar-refractivity contribution in [3.05, 3.63) is 36.7 Å². The van der Waals surface area contributed by atoms with Crippen LogP contribution in [0.25, 0.3) is 0 Å². The molecule has 5 nitrogen and oxygen atoms in total. The van der Waals surface area contributed by atoms with Crippen LogP contribution in [0.3, 0.4) is 0 Å². The molecule has 0 aliphatic heterocycles. The number of hydrogen-bond acceptors (Lipinski definition) is 4. The normalized spacial score (nSPS) is 10.3. The number of nitrogens with zero attached hydrogens (tertiary/aromatic N) is 3. The molecule has 0 saturated carbocycles. The Bertz CT molecular complexity index is 486. The molecule has 0 bridgehead atoms. The third-order valence-electron chi connectivity index (χ3n) is 2.41. The lowest BCUT2D eigenvalue weighted by molar-refractivity contribution is -0.116. The van der Waals surface area contributed by atoms with Gasteiger partial charge < -0.3 is 4.90 Å². The third kappa shape index (κ3) is 3.10. The molecular formula is C12H14N4OS. The standard InChI is InChI=1S/C12H14N4OS/c1-2-16(10-6-4-3-5-7-10)11(17)8-18-12-13-9-14-15-12/h3-7,9H,2,8H2,1H3,(H,13,14,15). The molecule has 94 valence electrons. The van der Waals surface area contributed by atoms with Crippen LogP contribution in [-0.4, -0.2) is 33.4 Å². The molecule has 0 unspecified atom stereocenters. The van der Waals surface area contributed by atoms with Crippen molar-refractivity contribution in [3.63, 3.8) is 0 Å². The van der Waals surface area contributed by atoms with Crippen molar-refractivity contribution >= 4 is 23.4 Å². The number of hydrogen-bond donors (Lipinski definition) is 1. The Morgan fingerprint density at radius 3 is 2.78 bits per heavy atom. The second-order valence-corrected chi connectivity index (χ2v) is 4.52. The largest absolute Gasteiger partial charge is 0.312 e. The Morgan fingerprint density at radius 2 is 2.17 bits per heavy atom. The van der Waals surface area contributed by atoms with Crippen LogP contribution in [0.2, 0.25) is 0 Å². The monoisotopic (exact) mass is 262 g/mol. The summed E-state index contributed by atoms with van der Waals surface area (Å²) in [6, 6.07) is 9.65. The molecule has 0 radical (unpaired) electrons. The minimum Gasteiger partial charge on any atom is -0.312 e. The first-order chi connectivity index (χ1) is 8.81. The van der Waals surface area contributed by atoms with Crippen molar-refractivity contribution in [3.8, 4) is 0 Å². The van der Waals surface area contributed by atoms with Gasteiger partial charge in [-0.3, -0.25) is 9.89 Å². The van der Waals surface area contributed by atoms with Gasteiger partial charge in [0.2, 0.25) is 5.91 Å². The number of aromatic nitrogens is 3. The maximum Gasteiger partial charge on any atom is 0.237 e. The fourth-order valence-electron chi connectivity index (χ4n) is 1.58. The molecule has 0 aliphatic carbocycles. The number of nitrogens with one attached hydrogen (secondary N) is 1. The van der Waals surface area contributed by atoms with E-state index in [1.807, 2.05) is 37.3 Å². The van der Waals surface area contributed by atoms with Crippen molar-refractivity contribution in [1.29, 1.82) is 0 Å². The van der Waals surface area contributed by atoms with Crippen molar-refractivity contribution in [2.24, 2.45) is 0 Å². The molecular weight excluding hydrogens is 248 g/mol. The smallest absolute Gasteiger partial charge is 0.237 e. The first-order valence-corrected chi connectivity index (χ1v) is 6.63. The van der Waals surface area contributed by atoms with Gasteiger partial charge in [-0.05, 0) is 19.1 Å². The highest BCUT2D eigenvalue weighted by atomic mass is 32.2. The molecule has 1 heterocycles. The van der Waals surface area contributed by atoms with Crippen LogP contribution >= 0.6 is 11.8 Å². The molecule has 1 aromatic carbocycles. The second-order valence-electron chi connectivity index (χ2n) is 3.55. The van der Waals surface area contributed by atoms with E-state index in [4.69, 9.17) is 0 Å². The number of H-pyrrole nitrogens is 1. The number of benzene rings is 1. The van der Waals surface area contributed by atoms with E-state index in [-0.39, 0.29) is 5.91 Å². The lowest BCUT2D eigenvalue weighted by atomic mass is 10.3. The second kappa shape index (κ2) is 6.20. The molecule has 1 N–H and O–H groups in total. The number of para-hydroxylation sites is 1. The SMILES string of the molecule is CCN(C(=O)CSc1ncn[nH]1)c1ccccc1. The number of rotatable bonds is 5. The summed E-state index contributed by atoms with van der Waals surface area (Å²) in [6.45, 7) is 2.61. The molecule has 18 heavy (non-hydrogen) atoms. The van der Waals surface area contributed by atoms with Gasteiger partial charge in [-0.15, -0.1) is 0 Å². The number of aromatic amines is 1. The van der Waals surface area contributed by atoms with Gasteiger partial charge in [-0.1, -0.05) is 30.0 Å². The predicted molar refractivity (Wildman–Crippen MR) is 71.6 cm³/mol. The van der Waals surface area contributed by atoms with Crippen LogP contribution in [0.15, 0.2) is 41.8 Å². The van der Waals surface area contributed by atoms with Gasteiger partial charge in [0.15, 0.2) is 5.16 Å². The fraction of sp³-hybridized carbons (Fsp3) is 0.250. The highest BCUT2D eigenvalue weighted by molar-refractivity contribution is 7.99. The van der Waals surface area contributed by atoms with E-state index in [2.05, 4.69) is 15.2 Å². The molecule has 0 saturated heterocycles. The Labute approximate surface area is 110 Å². The zero-order valence-corrected chi connectivity index (χ0v) is 10.9. The zero-order chi connectivity index (χ0) is 12.8. The summed E-state index contributed by atoms with van der Waals surface area (Å²) in [5.74, 6) is 0.405. The molecule has 1 aromatic heterocycles. The fourth-order valence-corrected chi connectivity index (χ4v) is 2.24. The number of carbonyl (C=O) groups excluding carboxylic acids is 1. The summed E-state index contributed by atoms with van der Waals surface area (Å²) in [7, 11) is 0. The average molecular weight is 262 g/mol. The first kappa shape index (κ1) is 12.6. The number of thioether (sulfide) groups is 1. The summed E-state index contributed by atoms with van der Waals surface area (Å²) < 4.78 is 0. The number of amides is 1. The van der Waals surface area contributed by atoms with Gasteiger partial charge >= 0.3 is 0 Å². The molecule has 0 atom stereocenters. The molecule has 2 rings (SSSR count). The van der Waals surface area contributed by atoms with Crippen molar-refractivity contribution < 1.29 is 4.79 Å². The quantitative estimate of drug-likeness (QED) is 0.837. The van der Waals surface area contributed by atoms with E-state index in [0.717, 1.165) is 5.69 Å². The van der Waals surface area contributed by atoms with Crippen molar-refractivity contribution in [2.45, 2.75) is 12.1 Å². The van der Waals surface area contributed by atoms with E-state index >= 15 is 0 Å². The maximum atomic E-state index is 12.1. The Balaban J connectivity index is 1.98. The van der Waals surface area contributed by atoms with Gasteiger partial charge in [0.05, 0.1) is 5.75 Å². The number of anilines is 1. The highest BCUT2D eigenvalue weighted by Gasteiger charge is 2.14. The summed E-state index contributed by atoms with van der Waals surface area (Å²) in [5.41, 5.74) is 0.920. The van der Waals surface area contributed by atoms with Crippen LogP contribution in [0.4, 0.5) is 5.69 Å². The van der Waals surface area contributed by atoms with Crippen LogP contribution < -0.4 is 4.90 Å². The van der Waals surface area contributed by atoms with E-state index in [1.54, 1.807) is 4.90 Å². The van der Waals surface area contributed by atoms with Gasteiger partial charge in [0, 0.05) is 12.2 Å². The van der Waals surface area contributed by atoms with Gasteiger partial charge in [0.25, 0.3) is 0 Å². The van der Waals surface area contributed by atoms with Gasteiger partial charge in [-0.2, -0.15) is 5.10 Å². The minimum absolute atomic E-state index is 0.0603. The Hall–Kier alpha value is -1.82. The molecule has 0 fully saturated rings. The van der Waals surface area contributed by atoms with E-state index in [0.29, 0.717) is 17.5 Å². The molecule has 0 spiro atoms. The van der Waals surface area contributed by atoms with Crippen LogP contribution in [0, 0.1) is 0 Å². The van der Waals surface area contributed by atoms with E-state index in [1.165, 1.54) is 18.1 Å².